The van der Waals surface area contributed by atoms with E-state index in [0.717, 1.165) is 16.5 Å². The van der Waals surface area contributed by atoms with E-state index in [1.807, 2.05) is 24.3 Å². The second kappa shape index (κ2) is 5.09. The van der Waals surface area contributed by atoms with E-state index in [4.69, 9.17) is 0 Å². The van der Waals surface area contributed by atoms with Gasteiger partial charge in [0.05, 0.1) is 0 Å². The van der Waals surface area contributed by atoms with Crippen LogP contribution in [-0.4, -0.2) is 15.2 Å². The van der Waals surface area contributed by atoms with Crippen LogP contribution in [0.1, 0.15) is 5.56 Å². The number of anilines is 1. The molecule has 4 heteroatoms. The molecule has 3 rings (SSSR count). The lowest BCUT2D eigenvalue weighted by Crippen LogP contribution is -2.00. The fraction of sp³-hybridized carbons (Fsp3) is 0.0625. The first kappa shape index (κ1) is 12.3. The molecule has 0 aliphatic carbocycles. The van der Waals surface area contributed by atoms with Crippen molar-refractivity contribution >= 4 is 16.5 Å². The average molecular weight is 266 g/mol. The Morgan fingerprint density at radius 1 is 1.00 bits per heavy atom. The van der Waals surface area contributed by atoms with E-state index in [1.54, 1.807) is 24.5 Å². The minimum absolute atomic E-state index is 0.0849. The number of phenolic OH excluding ortho intramolecular Hbond substituents is 2. The van der Waals surface area contributed by atoms with E-state index >= 15 is 0 Å². The van der Waals surface area contributed by atoms with Crippen LogP contribution in [0, 0.1) is 0 Å². The topological polar surface area (TPSA) is 65.4 Å². The van der Waals surface area contributed by atoms with Gasteiger partial charge >= 0.3 is 0 Å². The lowest BCUT2D eigenvalue weighted by molar-refractivity contribution is 0.400. The summed E-state index contributed by atoms with van der Waals surface area (Å²) in [6, 6.07) is 12.8. The third-order valence-electron chi connectivity index (χ3n) is 3.25. The summed E-state index contributed by atoms with van der Waals surface area (Å²) in [5.41, 5.74) is 1.59. The molecule has 0 bridgehead atoms. The molecule has 0 aliphatic rings. The minimum atomic E-state index is -0.108. The summed E-state index contributed by atoms with van der Waals surface area (Å²) in [6.45, 7) is 0.425. The summed E-state index contributed by atoms with van der Waals surface area (Å²) in [4.78, 5) is 4.13. The highest BCUT2D eigenvalue weighted by Gasteiger charge is 2.06. The van der Waals surface area contributed by atoms with Crippen LogP contribution in [0.25, 0.3) is 10.8 Å². The molecule has 0 saturated heterocycles. The summed E-state index contributed by atoms with van der Waals surface area (Å²) >= 11 is 0. The molecule has 3 aromatic rings. The number of hydrogen-bond donors (Lipinski definition) is 3. The molecule has 20 heavy (non-hydrogen) atoms. The van der Waals surface area contributed by atoms with Gasteiger partial charge in [-0.2, -0.15) is 0 Å². The van der Waals surface area contributed by atoms with Crippen molar-refractivity contribution in [2.24, 2.45) is 0 Å². The number of phenols is 2. The van der Waals surface area contributed by atoms with Crippen molar-refractivity contribution in [3.8, 4) is 11.5 Å². The Morgan fingerprint density at radius 3 is 2.75 bits per heavy atom. The standard InChI is InChI=1S/C16H14N2O2/c19-15-6-2-4-12(16(15)20)9-18-14-5-1-3-11-7-8-17-10-13(11)14/h1-8,10,18-20H,9H2. The third kappa shape index (κ3) is 2.23. The summed E-state index contributed by atoms with van der Waals surface area (Å²) in [7, 11) is 0. The number of pyridine rings is 1. The van der Waals surface area contributed by atoms with Crippen LogP contribution in [0.2, 0.25) is 0 Å². The SMILES string of the molecule is Oc1cccc(CNc2cccc3ccncc23)c1O. The zero-order valence-electron chi connectivity index (χ0n) is 10.7. The van der Waals surface area contributed by atoms with Crippen molar-refractivity contribution in [2.75, 3.05) is 5.32 Å². The molecule has 0 saturated carbocycles. The van der Waals surface area contributed by atoms with Gasteiger partial charge < -0.3 is 15.5 Å². The molecule has 4 nitrogen and oxygen atoms in total. The van der Waals surface area contributed by atoms with Crippen molar-refractivity contribution in [1.82, 2.24) is 4.98 Å². The zero-order valence-corrected chi connectivity index (χ0v) is 10.7. The molecular weight excluding hydrogens is 252 g/mol. The van der Waals surface area contributed by atoms with Crippen LogP contribution in [0.15, 0.2) is 54.9 Å². The monoisotopic (exact) mass is 266 g/mol. The number of hydrogen-bond acceptors (Lipinski definition) is 4. The Hall–Kier alpha value is -2.75. The molecule has 0 aliphatic heterocycles. The quantitative estimate of drug-likeness (QED) is 0.637. The van der Waals surface area contributed by atoms with E-state index in [9.17, 15) is 10.2 Å². The van der Waals surface area contributed by atoms with Crippen LogP contribution in [0.4, 0.5) is 5.69 Å². The number of aromatic hydroxyl groups is 2. The zero-order chi connectivity index (χ0) is 13.9. The molecule has 0 amide bonds. The highest BCUT2D eigenvalue weighted by molar-refractivity contribution is 5.93. The number of aromatic nitrogens is 1. The number of para-hydroxylation sites is 1. The highest BCUT2D eigenvalue weighted by atomic mass is 16.3. The largest absolute Gasteiger partial charge is 0.504 e. The van der Waals surface area contributed by atoms with Gasteiger partial charge in [0, 0.05) is 35.6 Å². The maximum absolute atomic E-state index is 9.79. The van der Waals surface area contributed by atoms with E-state index in [1.165, 1.54) is 6.07 Å². The first-order valence-corrected chi connectivity index (χ1v) is 6.32. The van der Waals surface area contributed by atoms with Crippen LogP contribution in [-0.2, 0) is 6.54 Å². The van der Waals surface area contributed by atoms with Gasteiger partial charge in [-0.3, -0.25) is 4.98 Å². The van der Waals surface area contributed by atoms with Crippen molar-refractivity contribution < 1.29 is 10.2 Å². The van der Waals surface area contributed by atoms with Crippen LogP contribution < -0.4 is 5.32 Å². The van der Waals surface area contributed by atoms with Crippen molar-refractivity contribution in [3.05, 3.63) is 60.4 Å². The predicted molar refractivity (Wildman–Crippen MR) is 78.8 cm³/mol. The predicted octanol–water partition coefficient (Wildman–Crippen LogP) is 3.26. The Kier molecular flexibility index (Phi) is 3.13. The summed E-state index contributed by atoms with van der Waals surface area (Å²) < 4.78 is 0. The van der Waals surface area contributed by atoms with Crippen molar-refractivity contribution in [2.45, 2.75) is 6.54 Å². The first-order chi connectivity index (χ1) is 9.75. The first-order valence-electron chi connectivity index (χ1n) is 6.32. The highest BCUT2D eigenvalue weighted by Crippen LogP contribution is 2.29. The van der Waals surface area contributed by atoms with Gasteiger partial charge in [-0.05, 0) is 23.6 Å². The molecule has 0 unspecified atom stereocenters. The summed E-state index contributed by atoms with van der Waals surface area (Å²) in [6.07, 6.45) is 3.56. The lowest BCUT2D eigenvalue weighted by Gasteiger charge is -2.11. The molecule has 3 N–H and O–H groups in total. The molecule has 1 heterocycles. The Labute approximate surface area is 116 Å². The molecule has 0 atom stereocenters. The van der Waals surface area contributed by atoms with Gasteiger partial charge in [0.2, 0.25) is 0 Å². The van der Waals surface area contributed by atoms with Crippen LogP contribution >= 0.6 is 0 Å². The van der Waals surface area contributed by atoms with Crippen molar-refractivity contribution in [1.29, 1.82) is 0 Å². The number of benzene rings is 2. The molecule has 0 spiro atoms. The molecular formula is C16H14N2O2. The van der Waals surface area contributed by atoms with E-state index in [2.05, 4.69) is 10.3 Å². The maximum atomic E-state index is 9.79. The van der Waals surface area contributed by atoms with E-state index in [-0.39, 0.29) is 11.5 Å². The molecule has 100 valence electrons. The molecule has 2 aromatic carbocycles. The number of nitrogens with zero attached hydrogens (tertiary/aromatic N) is 1. The van der Waals surface area contributed by atoms with Gasteiger partial charge in [0.1, 0.15) is 0 Å². The Morgan fingerprint density at radius 2 is 1.85 bits per heavy atom. The lowest BCUT2D eigenvalue weighted by atomic mass is 10.1. The van der Waals surface area contributed by atoms with Crippen LogP contribution in [0.5, 0.6) is 11.5 Å². The Bertz CT molecular complexity index is 751. The van der Waals surface area contributed by atoms with Gasteiger partial charge in [-0.1, -0.05) is 24.3 Å². The van der Waals surface area contributed by atoms with E-state index < -0.39 is 0 Å². The van der Waals surface area contributed by atoms with Gasteiger partial charge in [0.25, 0.3) is 0 Å². The summed E-state index contributed by atoms with van der Waals surface area (Å²) in [5, 5.41) is 24.7. The normalized spacial score (nSPS) is 10.6. The molecule has 0 radical (unpaired) electrons. The third-order valence-corrected chi connectivity index (χ3v) is 3.25. The second-order valence-electron chi connectivity index (χ2n) is 4.54. The smallest absolute Gasteiger partial charge is 0.162 e. The number of rotatable bonds is 3. The molecule has 1 aromatic heterocycles. The average Bonchev–Trinajstić information content (AvgIpc) is 2.49. The number of fused-ring (bicyclic) bond motifs is 1. The van der Waals surface area contributed by atoms with Gasteiger partial charge in [0.15, 0.2) is 11.5 Å². The number of nitrogens with one attached hydrogen (secondary N) is 1. The van der Waals surface area contributed by atoms with Gasteiger partial charge in [-0.25, -0.2) is 0 Å². The fourth-order valence-corrected chi connectivity index (χ4v) is 2.18. The van der Waals surface area contributed by atoms with Crippen molar-refractivity contribution in [3.63, 3.8) is 0 Å². The van der Waals surface area contributed by atoms with Gasteiger partial charge in [-0.15, -0.1) is 0 Å². The minimum Gasteiger partial charge on any atom is -0.504 e. The van der Waals surface area contributed by atoms with E-state index in [0.29, 0.717) is 12.1 Å². The van der Waals surface area contributed by atoms with Crippen LogP contribution in [0.3, 0.4) is 0 Å². The maximum Gasteiger partial charge on any atom is 0.162 e. The fourth-order valence-electron chi connectivity index (χ4n) is 2.18. The second-order valence-corrected chi connectivity index (χ2v) is 4.54. The Balaban J connectivity index is 1.89. The molecule has 0 fully saturated rings. The summed E-state index contributed by atoms with van der Waals surface area (Å²) in [5.74, 6) is -0.192.